The van der Waals surface area contributed by atoms with E-state index in [1.54, 1.807) is 36.5 Å². The molecule has 4 rings (SSSR count). The first kappa shape index (κ1) is 20.0. The summed E-state index contributed by atoms with van der Waals surface area (Å²) in [6.45, 7) is 4.15. The number of allylic oxidation sites excluding steroid dienone is 1. The second-order valence-corrected chi connectivity index (χ2v) is 8.04. The molecule has 30 heavy (non-hydrogen) atoms. The van der Waals surface area contributed by atoms with E-state index in [1.165, 1.54) is 5.57 Å². The Bertz CT molecular complexity index is 1090. The number of fused-ring (bicyclic) bond motifs is 1. The Morgan fingerprint density at radius 2 is 2.17 bits per heavy atom. The lowest BCUT2D eigenvalue weighted by atomic mass is 9.79. The minimum atomic E-state index is -0.682. The molecule has 0 bridgehead atoms. The van der Waals surface area contributed by atoms with Crippen LogP contribution in [0.25, 0.3) is 11.0 Å². The number of ether oxygens (including phenoxy) is 1. The lowest BCUT2D eigenvalue weighted by molar-refractivity contribution is 0.0125. The topological polar surface area (TPSA) is 110 Å². The molecule has 2 aromatic heterocycles. The van der Waals surface area contributed by atoms with Crippen LogP contribution in [0.3, 0.4) is 0 Å². The van der Waals surface area contributed by atoms with Gasteiger partial charge in [0.15, 0.2) is 0 Å². The van der Waals surface area contributed by atoms with Crippen LogP contribution in [-0.2, 0) is 0 Å². The van der Waals surface area contributed by atoms with Crippen LogP contribution in [0, 0.1) is 5.92 Å². The van der Waals surface area contributed by atoms with Crippen LogP contribution < -0.4 is 10.1 Å². The zero-order chi connectivity index (χ0) is 21.1. The summed E-state index contributed by atoms with van der Waals surface area (Å²) in [5, 5.41) is 20.7. The minimum absolute atomic E-state index is 0. The van der Waals surface area contributed by atoms with E-state index in [2.05, 4.69) is 26.7 Å². The van der Waals surface area contributed by atoms with E-state index in [-0.39, 0.29) is 19.1 Å². The molecule has 1 aliphatic carbocycles. The van der Waals surface area contributed by atoms with Crippen molar-refractivity contribution in [2.24, 2.45) is 5.92 Å². The fourth-order valence-corrected chi connectivity index (χ4v) is 3.56. The molecule has 158 valence electrons. The Labute approximate surface area is 175 Å². The molecule has 0 radical (unpaired) electrons. The summed E-state index contributed by atoms with van der Waals surface area (Å²) in [6, 6.07) is 8.48. The number of hydrogen-bond donors (Lipinski definition) is 2. The van der Waals surface area contributed by atoms with E-state index in [0.29, 0.717) is 28.9 Å². The van der Waals surface area contributed by atoms with Gasteiger partial charge in [-0.15, -0.1) is 0 Å². The number of amides is 1. The monoisotopic (exact) mass is 410 g/mol. The van der Waals surface area contributed by atoms with Crippen molar-refractivity contribution in [1.29, 1.82) is 0 Å². The van der Waals surface area contributed by atoms with Gasteiger partial charge >= 0.3 is 0 Å². The Balaban J connectivity index is 0.00000272. The largest absolute Gasteiger partial charge is 0.438 e. The summed E-state index contributed by atoms with van der Waals surface area (Å²) in [7, 11) is 0. The number of nitrogens with zero attached hydrogens (tertiary/aromatic N) is 3. The van der Waals surface area contributed by atoms with Crippen LogP contribution >= 0.6 is 0 Å². The minimum Gasteiger partial charge on any atom is -0.438 e. The van der Waals surface area contributed by atoms with Gasteiger partial charge in [0.1, 0.15) is 22.3 Å². The first-order valence-electron chi connectivity index (χ1n) is 9.94. The molecule has 0 saturated heterocycles. The maximum absolute atomic E-state index is 12.8. The molecule has 2 heterocycles. The molecule has 0 fully saturated rings. The van der Waals surface area contributed by atoms with Crippen molar-refractivity contribution in [3.05, 3.63) is 53.7 Å². The number of pyridine rings is 1. The third-order valence-electron chi connectivity index (χ3n) is 5.44. The number of benzene rings is 1. The van der Waals surface area contributed by atoms with Gasteiger partial charge in [0.2, 0.25) is 5.88 Å². The van der Waals surface area contributed by atoms with Crippen molar-refractivity contribution in [3.63, 3.8) is 0 Å². The van der Waals surface area contributed by atoms with Gasteiger partial charge in [-0.2, -0.15) is 0 Å². The average molecular weight is 410 g/mol. The summed E-state index contributed by atoms with van der Waals surface area (Å²) < 4.78 is 10.5. The van der Waals surface area contributed by atoms with Crippen LogP contribution in [-0.4, -0.2) is 38.5 Å². The highest BCUT2D eigenvalue weighted by molar-refractivity contribution is 5.96. The predicted octanol–water partition coefficient (Wildman–Crippen LogP) is 3.88. The zero-order valence-corrected chi connectivity index (χ0v) is 17.0. The molecule has 0 aliphatic heterocycles. The number of nitrogens with one attached hydrogen (secondary N) is 1. The zero-order valence-electron chi connectivity index (χ0n) is 17.0. The van der Waals surface area contributed by atoms with Gasteiger partial charge in [0.05, 0.1) is 5.60 Å². The van der Waals surface area contributed by atoms with Gasteiger partial charge in [-0.1, -0.05) is 11.6 Å². The molecule has 2 N–H and O–H groups in total. The van der Waals surface area contributed by atoms with Crippen molar-refractivity contribution in [1.82, 2.24) is 20.6 Å². The van der Waals surface area contributed by atoms with E-state index >= 15 is 0 Å². The summed E-state index contributed by atoms with van der Waals surface area (Å²) in [5.74, 6) is 0.685. The molecule has 1 atom stereocenters. The van der Waals surface area contributed by atoms with Crippen LogP contribution in [0.4, 0.5) is 0 Å². The molecule has 8 nitrogen and oxygen atoms in total. The number of carbonyl (C=O) groups excluding carboxylic acids is 1. The van der Waals surface area contributed by atoms with Crippen molar-refractivity contribution in [2.75, 3.05) is 6.54 Å². The third kappa shape index (κ3) is 4.49. The van der Waals surface area contributed by atoms with Crippen molar-refractivity contribution < 1.29 is 20.7 Å². The number of hydrogen-bond acceptors (Lipinski definition) is 7. The fraction of sp³-hybridized carbons (Fsp3) is 0.364. The quantitative estimate of drug-likeness (QED) is 0.593. The summed E-state index contributed by atoms with van der Waals surface area (Å²) in [4.78, 5) is 17.0. The lowest BCUT2D eigenvalue weighted by Crippen LogP contribution is -2.33. The van der Waals surface area contributed by atoms with Crippen LogP contribution in [0.1, 0.15) is 44.9 Å². The van der Waals surface area contributed by atoms with Crippen molar-refractivity contribution >= 4 is 16.9 Å². The summed E-state index contributed by atoms with van der Waals surface area (Å²) >= 11 is 0. The van der Waals surface area contributed by atoms with E-state index in [9.17, 15) is 9.90 Å². The summed E-state index contributed by atoms with van der Waals surface area (Å²) in [6.07, 6.45) is 6.27. The first-order valence-corrected chi connectivity index (χ1v) is 9.94. The van der Waals surface area contributed by atoms with Crippen LogP contribution in [0.15, 0.2) is 52.8 Å². The van der Waals surface area contributed by atoms with Gasteiger partial charge in [-0.25, -0.2) is 9.61 Å². The normalized spacial score (nSPS) is 16.9. The van der Waals surface area contributed by atoms with E-state index < -0.39 is 5.60 Å². The average Bonchev–Trinajstić information content (AvgIpc) is 3.20. The number of rotatable bonds is 6. The molecule has 8 heteroatoms. The molecule has 3 aromatic rings. The van der Waals surface area contributed by atoms with Crippen LogP contribution in [0.5, 0.6) is 11.6 Å². The maximum atomic E-state index is 12.8. The van der Waals surface area contributed by atoms with Gasteiger partial charge in [-0.3, -0.25) is 4.79 Å². The predicted molar refractivity (Wildman–Crippen MR) is 112 cm³/mol. The molecule has 0 spiro atoms. The Morgan fingerprint density at radius 1 is 1.33 bits per heavy atom. The first-order chi connectivity index (χ1) is 14.4. The third-order valence-corrected chi connectivity index (χ3v) is 5.44. The standard InChI is InChI=1S/C22H24N4O4.H2/c1-22(2,28)15-7-5-14(6-8-15)13-24-20(27)17-4-3-11-23-21(17)29-16-9-10-18-19(12-16)26-30-25-18;/h3-5,9-12,15,28H,6-8,13H2,1-2H3,(H,24,27);1H/t15-;/m1./s1. The van der Waals surface area contributed by atoms with Gasteiger partial charge in [0, 0.05) is 20.2 Å². The van der Waals surface area contributed by atoms with Crippen molar-refractivity contribution in [3.8, 4) is 11.6 Å². The summed E-state index contributed by atoms with van der Waals surface area (Å²) in [5.41, 5.74) is 2.01. The smallest absolute Gasteiger partial charge is 0.257 e. The SMILES string of the molecule is CC(C)(O)[C@@H]1CC=C(CNC(=O)c2cccnc2Oc2ccc3nonc3c2)CC1.[HH]. The highest BCUT2D eigenvalue weighted by atomic mass is 16.6. The molecular weight excluding hydrogens is 384 g/mol. The lowest BCUT2D eigenvalue weighted by Gasteiger charge is -2.32. The van der Waals surface area contributed by atoms with E-state index in [0.717, 1.165) is 19.3 Å². The molecule has 1 amide bonds. The second-order valence-electron chi connectivity index (χ2n) is 8.04. The molecule has 0 unspecified atom stereocenters. The number of carbonyl (C=O) groups is 1. The number of aromatic nitrogens is 3. The second kappa shape index (κ2) is 8.23. The highest BCUT2D eigenvalue weighted by Crippen LogP contribution is 2.31. The highest BCUT2D eigenvalue weighted by Gasteiger charge is 2.28. The van der Waals surface area contributed by atoms with E-state index in [1.807, 2.05) is 13.8 Å². The molecule has 1 aromatic carbocycles. The van der Waals surface area contributed by atoms with Gasteiger partial charge in [-0.05, 0) is 73.6 Å². The Morgan fingerprint density at radius 3 is 2.93 bits per heavy atom. The molecule has 1 aliphatic rings. The molecular formula is C22H26N4O4. The Kier molecular flexibility index (Phi) is 5.50. The van der Waals surface area contributed by atoms with Crippen LogP contribution in [0.2, 0.25) is 0 Å². The fourth-order valence-electron chi connectivity index (χ4n) is 3.56. The van der Waals surface area contributed by atoms with Gasteiger partial charge in [0.25, 0.3) is 5.91 Å². The Hall–Kier alpha value is -3.26. The van der Waals surface area contributed by atoms with Crippen molar-refractivity contribution in [2.45, 2.75) is 38.7 Å². The maximum Gasteiger partial charge on any atom is 0.257 e. The van der Waals surface area contributed by atoms with E-state index in [4.69, 9.17) is 9.37 Å². The number of aliphatic hydroxyl groups is 1. The van der Waals surface area contributed by atoms with Gasteiger partial charge < -0.3 is 15.2 Å². The molecule has 0 saturated carbocycles.